The first-order valence-corrected chi connectivity index (χ1v) is 9.31. The van der Waals surface area contributed by atoms with E-state index in [1.807, 2.05) is 15.6 Å². The third kappa shape index (κ3) is 2.92. The Morgan fingerprint density at radius 3 is 2.64 bits per heavy atom. The number of carbonyl (C=O) groups is 1. The average Bonchev–Trinajstić information content (AvgIpc) is 3.14. The number of hydrogen-bond acceptors (Lipinski definition) is 4. The van der Waals surface area contributed by atoms with Gasteiger partial charge in [-0.05, 0) is 46.1 Å². The van der Waals surface area contributed by atoms with Gasteiger partial charge >= 0.3 is 0 Å². The van der Waals surface area contributed by atoms with Gasteiger partial charge in [0.2, 0.25) is 0 Å². The number of likely N-dealkylation sites (tertiary alicyclic amines) is 1. The van der Waals surface area contributed by atoms with Crippen molar-refractivity contribution in [3.05, 3.63) is 23.5 Å². The second-order valence-electron chi connectivity index (χ2n) is 7.83. The van der Waals surface area contributed by atoms with E-state index in [4.69, 9.17) is 4.98 Å². The van der Waals surface area contributed by atoms with E-state index in [1.165, 1.54) is 0 Å². The minimum absolute atomic E-state index is 0.0424. The largest absolute Gasteiger partial charge is 0.393 e. The van der Waals surface area contributed by atoms with Gasteiger partial charge < -0.3 is 10.0 Å². The maximum atomic E-state index is 13.2. The second-order valence-corrected chi connectivity index (χ2v) is 7.83. The van der Waals surface area contributed by atoms with Gasteiger partial charge in [-0.2, -0.15) is 5.10 Å². The molecule has 3 heterocycles. The minimum Gasteiger partial charge on any atom is -0.393 e. The van der Waals surface area contributed by atoms with E-state index >= 15 is 0 Å². The highest BCUT2D eigenvalue weighted by atomic mass is 16.3. The van der Waals surface area contributed by atoms with Crippen LogP contribution in [0.15, 0.2) is 12.3 Å². The van der Waals surface area contributed by atoms with Gasteiger partial charge in [-0.3, -0.25) is 4.79 Å². The Morgan fingerprint density at radius 2 is 2.04 bits per heavy atom. The molecule has 1 amide bonds. The summed E-state index contributed by atoms with van der Waals surface area (Å²) >= 11 is 0. The molecule has 1 N–H and O–H groups in total. The van der Waals surface area contributed by atoms with Gasteiger partial charge in [0.05, 0.1) is 23.3 Å². The molecule has 2 aromatic rings. The van der Waals surface area contributed by atoms with Crippen LogP contribution >= 0.6 is 0 Å². The molecule has 6 heteroatoms. The van der Waals surface area contributed by atoms with Crippen molar-refractivity contribution < 1.29 is 9.90 Å². The molecule has 0 aromatic carbocycles. The van der Waals surface area contributed by atoms with Crippen LogP contribution in [0.4, 0.5) is 0 Å². The van der Waals surface area contributed by atoms with Crippen LogP contribution in [0.2, 0.25) is 0 Å². The van der Waals surface area contributed by atoms with Gasteiger partial charge in [-0.1, -0.05) is 0 Å². The third-order valence-electron chi connectivity index (χ3n) is 5.50. The molecular weight excluding hydrogens is 316 g/mol. The summed E-state index contributed by atoms with van der Waals surface area (Å²) in [7, 11) is 0. The van der Waals surface area contributed by atoms with Crippen LogP contribution in [-0.4, -0.2) is 49.9 Å². The highest BCUT2D eigenvalue weighted by Crippen LogP contribution is 2.40. The molecule has 2 fully saturated rings. The van der Waals surface area contributed by atoms with Crippen LogP contribution in [0, 0.1) is 5.92 Å². The molecule has 134 valence electrons. The van der Waals surface area contributed by atoms with Gasteiger partial charge in [0, 0.05) is 36.7 Å². The number of pyridine rings is 1. The number of amides is 1. The zero-order valence-corrected chi connectivity index (χ0v) is 15.1. The van der Waals surface area contributed by atoms with Crippen molar-refractivity contribution in [2.24, 2.45) is 5.92 Å². The Morgan fingerprint density at radius 1 is 1.28 bits per heavy atom. The molecule has 2 aliphatic rings. The van der Waals surface area contributed by atoms with Gasteiger partial charge in [0.1, 0.15) is 0 Å². The average molecular weight is 342 g/mol. The molecule has 25 heavy (non-hydrogen) atoms. The normalized spacial score (nSPS) is 22.1. The SMILES string of the molecule is CC(O)C1CCN(C(=O)c2cc(C3CC3)nc3c2cnn3C(C)C)C1. The monoisotopic (exact) mass is 342 g/mol. The Labute approximate surface area is 147 Å². The second kappa shape index (κ2) is 6.09. The predicted molar refractivity (Wildman–Crippen MR) is 95.6 cm³/mol. The molecule has 1 aliphatic heterocycles. The fourth-order valence-electron chi connectivity index (χ4n) is 3.72. The molecule has 4 rings (SSSR count). The zero-order chi connectivity index (χ0) is 17.7. The van der Waals surface area contributed by atoms with Crippen LogP contribution in [0.3, 0.4) is 0 Å². The van der Waals surface area contributed by atoms with E-state index in [9.17, 15) is 9.90 Å². The summed E-state index contributed by atoms with van der Waals surface area (Å²) in [6.45, 7) is 7.29. The molecule has 2 unspecified atom stereocenters. The lowest BCUT2D eigenvalue weighted by Gasteiger charge is -2.19. The van der Waals surface area contributed by atoms with Crippen molar-refractivity contribution in [2.75, 3.05) is 13.1 Å². The summed E-state index contributed by atoms with van der Waals surface area (Å²) in [6.07, 6.45) is 4.55. The van der Waals surface area contributed by atoms with E-state index in [1.54, 1.807) is 13.1 Å². The number of fused-ring (bicyclic) bond motifs is 1. The lowest BCUT2D eigenvalue weighted by atomic mass is 10.0. The van der Waals surface area contributed by atoms with E-state index in [2.05, 4.69) is 18.9 Å². The summed E-state index contributed by atoms with van der Waals surface area (Å²) < 4.78 is 1.90. The van der Waals surface area contributed by atoms with Crippen LogP contribution in [0.1, 0.15) is 68.0 Å². The van der Waals surface area contributed by atoms with Crippen molar-refractivity contribution >= 4 is 16.9 Å². The van der Waals surface area contributed by atoms with E-state index < -0.39 is 0 Å². The van der Waals surface area contributed by atoms with Crippen LogP contribution in [0.25, 0.3) is 11.0 Å². The summed E-state index contributed by atoms with van der Waals surface area (Å²) in [5.41, 5.74) is 2.54. The maximum absolute atomic E-state index is 13.2. The van der Waals surface area contributed by atoms with Gasteiger partial charge in [-0.25, -0.2) is 9.67 Å². The number of carbonyl (C=O) groups excluding carboxylic acids is 1. The summed E-state index contributed by atoms with van der Waals surface area (Å²) in [6, 6.07) is 2.18. The molecule has 0 bridgehead atoms. The summed E-state index contributed by atoms with van der Waals surface area (Å²) in [5.74, 6) is 0.693. The number of aromatic nitrogens is 3. The number of hydrogen-bond donors (Lipinski definition) is 1. The molecule has 0 radical (unpaired) electrons. The lowest BCUT2D eigenvalue weighted by molar-refractivity contribution is 0.0764. The Balaban J connectivity index is 1.74. The van der Waals surface area contributed by atoms with Crippen LogP contribution < -0.4 is 0 Å². The van der Waals surface area contributed by atoms with E-state index in [0.29, 0.717) is 24.6 Å². The highest BCUT2D eigenvalue weighted by molar-refractivity contribution is 6.05. The third-order valence-corrected chi connectivity index (χ3v) is 5.50. The van der Waals surface area contributed by atoms with Gasteiger partial charge in [0.25, 0.3) is 5.91 Å². The van der Waals surface area contributed by atoms with Crippen LogP contribution in [-0.2, 0) is 0 Å². The van der Waals surface area contributed by atoms with Crippen molar-refractivity contribution in [3.63, 3.8) is 0 Å². The quantitative estimate of drug-likeness (QED) is 0.927. The minimum atomic E-state index is -0.374. The lowest BCUT2D eigenvalue weighted by Crippen LogP contribution is -2.30. The van der Waals surface area contributed by atoms with Crippen LogP contribution in [0.5, 0.6) is 0 Å². The van der Waals surface area contributed by atoms with Crippen molar-refractivity contribution in [1.82, 2.24) is 19.7 Å². The first-order valence-electron chi connectivity index (χ1n) is 9.31. The zero-order valence-electron chi connectivity index (χ0n) is 15.1. The molecular formula is C19H26N4O2. The number of rotatable bonds is 4. The predicted octanol–water partition coefficient (Wildman–Crippen LogP) is 2.73. The van der Waals surface area contributed by atoms with Crippen molar-refractivity contribution in [3.8, 4) is 0 Å². The molecule has 0 spiro atoms. The van der Waals surface area contributed by atoms with Crippen molar-refractivity contribution in [1.29, 1.82) is 0 Å². The highest BCUT2D eigenvalue weighted by Gasteiger charge is 2.33. The molecule has 2 aromatic heterocycles. The smallest absolute Gasteiger partial charge is 0.254 e. The Bertz CT molecular complexity index is 807. The fraction of sp³-hybridized carbons (Fsp3) is 0.632. The Hall–Kier alpha value is -1.95. The molecule has 1 saturated carbocycles. The topological polar surface area (TPSA) is 71.2 Å². The Kier molecular flexibility index (Phi) is 4.02. The summed E-state index contributed by atoms with van der Waals surface area (Å²) in [5, 5.41) is 15.1. The molecule has 6 nitrogen and oxygen atoms in total. The van der Waals surface area contributed by atoms with E-state index in [0.717, 1.165) is 36.0 Å². The van der Waals surface area contributed by atoms with Crippen molar-refractivity contribution in [2.45, 2.75) is 58.1 Å². The molecule has 2 atom stereocenters. The number of aliphatic hydroxyl groups excluding tert-OH is 1. The fourth-order valence-corrected chi connectivity index (χ4v) is 3.72. The standard InChI is InChI=1S/C19H26N4O2/c1-11(2)23-18-16(9-20-23)15(8-17(21-18)13-4-5-13)19(25)22-7-6-14(10-22)12(3)24/h8-9,11-14,24H,4-7,10H2,1-3H3. The first kappa shape index (κ1) is 16.5. The number of nitrogens with zero attached hydrogens (tertiary/aromatic N) is 4. The summed E-state index contributed by atoms with van der Waals surface area (Å²) in [4.78, 5) is 19.9. The maximum Gasteiger partial charge on any atom is 0.254 e. The van der Waals surface area contributed by atoms with E-state index in [-0.39, 0.29) is 24.0 Å². The first-order chi connectivity index (χ1) is 12.0. The molecule has 1 saturated heterocycles. The van der Waals surface area contributed by atoms with Gasteiger partial charge in [-0.15, -0.1) is 0 Å². The number of aliphatic hydroxyl groups is 1. The van der Waals surface area contributed by atoms with Gasteiger partial charge in [0.15, 0.2) is 5.65 Å². The molecule has 1 aliphatic carbocycles.